The van der Waals surface area contributed by atoms with Gasteiger partial charge in [0.25, 0.3) is 0 Å². The fourth-order valence-corrected chi connectivity index (χ4v) is 5.53. The first-order valence-corrected chi connectivity index (χ1v) is 8.30. The third-order valence-corrected chi connectivity index (χ3v) is 6.25. The largest absolute Gasteiger partial charge is 0.353 e. The second kappa shape index (κ2) is 5.84. The standard InChI is InChI=1S/C16H26N2O.ClH/c19-16(12-1-3-17-4-2-12)18-15-13-6-10-5-11(8-13)9-14(15)7-10;/h10-15,17H,1-9H2,(H,18,19);1H. The predicted octanol–water partition coefficient (Wildman–Crippen LogP) is 2.35. The summed E-state index contributed by atoms with van der Waals surface area (Å²) in [6.45, 7) is 2.03. The van der Waals surface area contributed by atoms with Gasteiger partial charge in [-0.25, -0.2) is 0 Å². The van der Waals surface area contributed by atoms with E-state index < -0.39 is 0 Å². The number of piperidine rings is 1. The zero-order valence-corrected chi connectivity index (χ0v) is 13.0. The van der Waals surface area contributed by atoms with Crippen molar-refractivity contribution in [2.24, 2.45) is 29.6 Å². The van der Waals surface area contributed by atoms with Crippen LogP contribution in [-0.4, -0.2) is 25.0 Å². The highest BCUT2D eigenvalue weighted by Gasteiger charge is 2.48. The number of hydrogen-bond donors (Lipinski definition) is 2. The van der Waals surface area contributed by atoms with Crippen LogP contribution in [0.1, 0.15) is 44.9 Å². The minimum atomic E-state index is 0. The molecule has 1 amide bonds. The second-order valence-corrected chi connectivity index (χ2v) is 7.49. The van der Waals surface area contributed by atoms with Crippen LogP contribution in [-0.2, 0) is 4.79 Å². The highest BCUT2D eigenvalue weighted by Crippen LogP contribution is 2.53. The molecule has 0 aromatic carbocycles. The maximum absolute atomic E-state index is 12.5. The predicted molar refractivity (Wildman–Crippen MR) is 81.8 cm³/mol. The maximum atomic E-state index is 12.5. The molecule has 0 radical (unpaired) electrons. The molecule has 1 heterocycles. The van der Waals surface area contributed by atoms with Gasteiger partial charge in [-0.3, -0.25) is 4.79 Å². The molecule has 3 nitrogen and oxygen atoms in total. The van der Waals surface area contributed by atoms with Crippen LogP contribution in [0, 0.1) is 29.6 Å². The van der Waals surface area contributed by atoms with E-state index in [9.17, 15) is 4.79 Å². The van der Waals surface area contributed by atoms with Gasteiger partial charge < -0.3 is 10.6 Å². The number of halogens is 1. The summed E-state index contributed by atoms with van der Waals surface area (Å²) in [5.41, 5.74) is 0. The minimum Gasteiger partial charge on any atom is -0.353 e. The molecule has 0 aromatic rings. The van der Waals surface area contributed by atoms with E-state index in [4.69, 9.17) is 0 Å². The van der Waals surface area contributed by atoms with Gasteiger partial charge in [-0.05, 0) is 81.7 Å². The van der Waals surface area contributed by atoms with E-state index in [1.165, 1.54) is 32.1 Å². The average molecular weight is 299 g/mol. The Labute approximate surface area is 128 Å². The van der Waals surface area contributed by atoms with Crippen molar-refractivity contribution >= 4 is 18.3 Å². The summed E-state index contributed by atoms with van der Waals surface area (Å²) in [5.74, 6) is 4.24. The van der Waals surface area contributed by atoms with Crippen LogP contribution >= 0.6 is 12.4 Å². The van der Waals surface area contributed by atoms with Gasteiger partial charge in [-0.15, -0.1) is 12.4 Å². The summed E-state index contributed by atoms with van der Waals surface area (Å²) in [7, 11) is 0. The van der Waals surface area contributed by atoms with Crippen molar-refractivity contribution in [1.29, 1.82) is 0 Å². The molecule has 0 aromatic heterocycles. The fraction of sp³-hybridized carbons (Fsp3) is 0.938. The van der Waals surface area contributed by atoms with Gasteiger partial charge in [0.05, 0.1) is 0 Å². The van der Waals surface area contributed by atoms with Crippen molar-refractivity contribution in [2.75, 3.05) is 13.1 Å². The van der Waals surface area contributed by atoms with Crippen LogP contribution in [0.25, 0.3) is 0 Å². The van der Waals surface area contributed by atoms with E-state index in [0.29, 0.717) is 11.9 Å². The van der Waals surface area contributed by atoms with E-state index in [2.05, 4.69) is 10.6 Å². The Kier molecular flexibility index (Phi) is 4.28. The van der Waals surface area contributed by atoms with Gasteiger partial charge in [0.15, 0.2) is 0 Å². The highest BCUT2D eigenvalue weighted by atomic mass is 35.5. The van der Waals surface area contributed by atoms with Crippen molar-refractivity contribution < 1.29 is 4.79 Å². The lowest BCUT2D eigenvalue weighted by Crippen LogP contribution is -2.57. The van der Waals surface area contributed by atoms with Gasteiger partial charge in [-0.1, -0.05) is 0 Å². The van der Waals surface area contributed by atoms with E-state index in [1.54, 1.807) is 0 Å². The Hall–Kier alpha value is -0.280. The highest BCUT2D eigenvalue weighted by molar-refractivity contribution is 5.85. The van der Waals surface area contributed by atoms with Gasteiger partial charge in [0.2, 0.25) is 5.91 Å². The molecule has 0 unspecified atom stereocenters. The van der Waals surface area contributed by atoms with Crippen molar-refractivity contribution in [3.63, 3.8) is 0 Å². The van der Waals surface area contributed by atoms with E-state index in [1.807, 2.05) is 0 Å². The van der Waals surface area contributed by atoms with Crippen LogP contribution in [0.15, 0.2) is 0 Å². The van der Waals surface area contributed by atoms with Crippen molar-refractivity contribution in [3.05, 3.63) is 0 Å². The zero-order valence-electron chi connectivity index (χ0n) is 12.1. The number of rotatable bonds is 2. The molecular weight excluding hydrogens is 272 g/mol. The lowest BCUT2D eigenvalue weighted by atomic mass is 9.54. The summed E-state index contributed by atoms with van der Waals surface area (Å²) in [6, 6.07) is 0.523. The average Bonchev–Trinajstić information content (AvgIpc) is 2.43. The maximum Gasteiger partial charge on any atom is 0.223 e. The lowest BCUT2D eigenvalue weighted by Gasteiger charge is -2.54. The number of amides is 1. The molecule has 5 aliphatic rings. The minimum absolute atomic E-state index is 0. The monoisotopic (exact) mass is 298 g/mol. The number of nitrogens with one attached hydrogen (secondary N) is 2. The van der Waals surface area contributed by atoms with Crippen molar-refractivity contribution in [3.8, 4) is 0 Å². The van der Waals surface area contributed by atoms with Crippen molar-refractivity contribution in [1.82, 2.24) is 10.6 Å². The van der Waals surface area contributed by atoms with Crippen LogP contribution < -0.4 is 10.6 Å². The molecule has 4 aliphatic carbocycles. The molecule has 4 bridgehead atoms. The summed E-state index contributed by atoms with van der Waals surface area (Å²) >= 11 is 0. The summed E-state index contributed by atoms with van der Waals surface area (Å²) in [5, 5.41) is 6.81. The Morgan fingerprint density at radius 2 is 1.45 bits per heavy atom. The first kappa shape index (κ1) is 14.6. The third-order valence-electron chi connectivity index (χ3n) is 6.25. The van der Waals surface area contributed by atoms with E-state index in [-0.39, 0.29) is 18.3 Å². The Morgan fingerprint density at radius 1 is 0.900 bits per heavy atom. The molecule has 4 saturated carbocycles. The Balaban J connectivity index is 0.00000121. The van der Waals surface area contributed by atoms with Crippen LogP contribution in [0.5, 0.6) is 0 Å². The SMILES string of the molecule is Cl.O=C(NC1C2CC3CC(C2)CC1C3)C1CCNCC1. The van der Waals surface area contributed by atoms with E-state index >= 15 is 0 Å². The molecule has 1 aliphatic heterocycles. The normalized spacial score (nSPS) is 43.1. The second-order valence-electron chi connectivity index (χ2n) is 7.49. The lowest BCUT2D eigenvalue weighted by molar-refractivity contribution is -0.129. The molecule has 1 saturated heterocycles. The molecule has 20 heavy (non-hydrogen) atoms. The van der Waals surface area contributed by atoms with E-state index in [0.717, 1.165) is 49.6 Å². The van der Waals surface area contributed by atoms with Gasteiger partial charge in [0.1, 0.15) is 0 Å². The van der Waals surface area contributed by atoms with Crippen molar-refractivity contribution in [2.45, 2.75) is 51.0 Å². The molecule has 5 fully saturated rings. The quantitative estimate of drug-likeness (QED) is 0.822. The number of carbonyl (C=O) groups excluding carboxylic acids is 1. The summed E-state index contributed by atoms with van der Waals surface area (Å²) in [6.07, 6.45) is 9.11. The first-order chi connectivity index (χ1) is 9.29. The molecule has 2 N–H and O–H groups in total. The molecule has 0 atom stereocenters. The van der Waals surface area contributed by atoms with Crippen LogP contribution in [0.2, 0.25) is 0 Å². The topological polar surface area (TPSA) is 41.1 Å². The Morgan fingerprint density at radius 3 is 2.00 bits per heavy atom. The van der Waals surface area contributed by atoms with Gasteiger partial charge in [0, 0.05) is 12.0 Å². The van der Waals surface area contributed by atoms with Crippen LogP contribution in [0.4, 0.5) is 0 Å². The molecule has 114 valence electrons. The molecule has 0 spiro atoms. The number of carbonyl (C=O) groups is 1. The number of hydrogen-bond acceptors (Lipinski definition) is 2. The zero-order chi connectivity index (χ0) is 12.8. The molecule has 4 heteroatoms. The molecular formula is C16H27ClN2O. The van der Waals surface area contributed by atoms with Gasteiger partial charge in [-0.2, -0.15) is 0 Å². The smallest absolute Gasteiger partial charge is 0.223 e. The van der Waals surface area contributed by atoms with Crippen LogP contribution in [0.3, 0.4) is 0 Å². The van der Waals surface area contributed by atoms with Gasteiger partial charge >= 0.3 is 0 Å². The first-order valence-electron chi connectivity index (χ1n) is 8.30. The Bertz CT molecular complexity index is 339. The summed E-state index contributed by atoms with van der Waals surface area (Å²) in [4.78, 5) is 12.5. The third kappa shape index (κ3) is 2.59. The fourth-order valence-electron chi connectivity index (χ4n) is 5.53. The molecule has 5 rings (SSSR count). The summed E-state index contributed by atoms with van der Waals surface area (Å²) < 4.78 is 0.